The molecule has 21 heavy (non-hydrogen) atoms. The lowest BCUT2D eigenvalue weighted by molar-refractivity contribution is 0.138. The monoisotopic (exact) mass is 283 g/mol. The average molecular weight is 283 g/mol. The Kier molecular flexibility index (Phi) is 2.56. The van der Waals surface area contributed by atoms with Crippen molar-refractivity contribution < 1.29 is 9.13 Å². The van der Waals surface area contributed by atoms with Crippen LogP contribution in [0.25, 0.3) is 0 Å². The SMILES string of the molecule is CC1(C)CC2Nc3ccc(F)cc3OC2c2ccccc21. The molecule has 0 saturated carbocycles. The maximum absolute atomic E-state index is 13.4. The van der Waals surface area contributed by atoms with Crippen molar-refractivity contribution in [2.24, 2.45) is 0 Å². The number of hydrogen-bond acceptors (Lipinski definition) is 2. The van der Waals surface area contributed by atoms with E-state index in [1.165, 1.54) is 23.3 Å². The van der Waals surface area contributed by atoms with Crippen LogP contribution < -0.4 is 10.1 Å². The number of fused-ring (bicyclic) bond motifs is 4. The van der Waals surface area contributed by atoms with Crippen molar-refractivity contribution in [1.82, 2.24) is 0 Å². The molecule has 2 aliphatic rings. The van der Waals surface area contributed by atoms with Crippen molar-refractivity contribution >= 4 is 5.69 Å². The Morgan fingerprint density at radius 2 is 2.00 bits per heavy atom. The van der Waals surface area contributed by atoms with Crippen molar-refractivity contribution in [2.45, 2.75) is 37.8 Å². The summed E-state index contributed by atoms with van der Waals surface area (Å²) >= 11 is 0. The van der Waals surface area contributed by atoms with Gasteiger partial charge in [-0.3, -0.25) is 0 Å². The lowest BCUT2D eigenvalue weighted by Crippen LogP contribution is -2.44. The maximum Gasteiger partial charge on any atom is 0.146 e. The molecule has 2 aromatic carbocycles. The first-order chi connectivity index (χ1) is 10.0. The van der Waals surface area contributed by atoms with Crippen molar-refractivity contribution in [2.75, 3.05) is 5.32 Å². The van der Waals surface area contributed by atoms with Gasteiger partial charge in [0.2, 0.25) is 0 Å². The standard InChI is InChI=1S/C18H18FNO/c1-18(2)10-15-17(12-5-3-4-6-13(12)18)21-16-9-11(19)7-8-14(16)20-15/h3-9,15,17,20H,10H2,1-2H3. The molecule has 0 spiro atoms. The largest absolute Gasteiger partial charge is 0.481 e. The van der Waals surface area contributed by atoms with Crippen LogP contribution in [0, 0.1) is 5.82 Å². The van der Waals surface area contributed by atoms with Crippen LogP contribution in [-0.2, 0) is 5.41 Å². The van der Waals surface area contributed by atoms with Crippen LogP contribution in [-0.4, -0.2) is 6.04 Å². The van der Waals surface area contributed by atoms with Crippen molar-refractivity contribution in [3.63, 3.8) is 0 Å². The first kappa shape index (κ1) is 12.7. The summed E-state index contributed by atoms with van der Waals surface area (Å²) in [7, 11) is 0. The predicted molar refractivity (Wildman–Crippen MR) is 81.3 cm³/mol. The number of halogens is 1. The topological polar surface area (TPSA) is 21.3 Å². The minimum atomic E-state index is -0.265. The summed E-state index contributed by atoms with van der Waals surface area (Å²) in [6.07, 6.45) is 0.939. The molecule has 108 valence electrons. The van der Waals surface area contributed by atoms with Crippen molar-refractivity contribution in [3.8, 4) is 5.75 Å². The molecule has 2 unspecified atom stereocenters. The van der Waals surface area contributed by atoms with Crippen LogP contribution >= 0.6 is 0 Å². The fourth-order valence-electron chi connectivity index (χ4n) is 3.67. The van der Waals surface area contributed by atoms with Crippen molar-refractivity contribution in [1.29, 1.82) is 0 Å². The van der Waals surface area contributed by atoms with E-state index in [9.17, 15) is 4.39 Å². The average Bonchev–Trinajstić information content (AvgIpc) is 2.46. The van der Waals surface area contributed by atoms with E-state index < -0.39 is 0 Å². The number of anilines is 1. The number of hydrogen-bond donors (Lipinski definition) is 1. The van der Waals surface area contributed by atoms with Crippen LogP contribution in [0.5, 0.6) is 5.75 Å². The van der Waals surface area contributed by atoms with Gasteiger partial charge < -0.3 is 10.1 Å². The number of nitrogens with one attached hydrogen (secondary N) is 1. The lowest BCUT2D eigenvalue weighted by Gasteiger charge is -2.45. The molecule has 2 aromatic rings. The second-order valence-electron chi connectivity index (χ2n) is 6.61. The molecule has 0 aromatic heterocycles. The van der Waals surface area contributed by atoms with Crippen LogP contribution in [0.2, 0.25) is 0 Å². The molecule has 1 N–H and O–H groups in total. The van der Waals surface area contributed by atoms with Gasteiger partial charge in [-0.15, -0.1) is 0 Å². The molecule has 3 heteroatoms. The van der Waals surface area contributed by atoms with E-state index in [1.54, 1.807) is 6.07 Å². The highest BCUT2D eigenvalue weighted by molar-refractivity contribution is 5.60. The van der Waals surface area contributed by atoms with Gasteiger partial charge in [0.1, 0.15) is 17.7 Å². The van der Waals surface area contributed by atoms with E-state index in [0.717, 1.165) is 12.1 Å². The molecular weight excluding hydrogens is 265 g/mol. The Morgan fingerprint density at radius 3 is 2.86 bits per heavy atom. The first-order valence-corrected chi connectivity index (χ1v) is 7.37. The molecule has 2 atom stereocenters. The molecule has 0 saturated heterocycles. The second-order valence-corrected chi connectivity index (χ2v) is 6.61. The second kappa shape index (κ2) is 4.23. The van der Waals surface area contributed by atoms with Gasteiger partial charge in [0.05, 0.1) is 11.7 Å². The molecule has 0 bridgehead atoms. The van der Waals surface area contributed by atoms with Gasteiger partial charge in [0.25, 0.3) is 0 Å². The van der Waals surface area contributed by atoms with E-state index in [-0.39, 0.29) is 23.4 Å². The van der Waals surface area contributed by atoms with E-state index >= 15 is 0 Å². The maximum atomic E-state index is 13.4. The van der Waals surface area contributed by atoms with Crippen LogP contribution in [0.4, 0.5) is 10.1 Å². The molecule has 1 heterocycles. The third-order valence-electron chi connectivity index (χ3n) is 4.63. The Labute approximate surface area is 123 Å². The summed E-state index contributed by atoms with van der Waals surface area (Å²) < 4.78 is 19.6. The number of benzene rings is 2. The summed E-state index contributed by atoms with van der Waals surface area (Å²) in [5, 5.41) is 3.53. The minimum Gasteiger partial charge on any atom is -0.481 e. The molecule has 4 rings (SSSR count). The summed E-state index contributed by atoms with van der Waals surface area (Å²) in [6, 6.07) is 13.3. The highest BCUT2D eigenvalue weighted by Gasteiger charge is 2.42. The third-order valence-corrected chi connectivity index (χ3v) is 4.63. The summed E-state index contributed by atoms with van der Waals surface area (Å²) in [5.41, 5.74) is 3.52. The van der Waals surface area contributed by atoms with Crippen LogP contribution in [0.15, 0.2) is 42.5 Å². The zero-order valence-electron chi connectivity index (χ0n) is 12.2. The lowest BCUT2D eigenvalue weighted by atomic mass is 9.69. The molecule has 2 nitrogen and oxygen atoms in total. The zero-order valence-corrected chi connectivity index (χ0v) is 12.2. The molecule has 0 fully saturated rings. The predicted octanol–water partition coefficient (Wildman–Crippen LogP) is 4.42. The highest BCUT2D eigenvalue weighted by atomic mass is 19.1. The van der Waals surface area contributed by atoms with Crippen molar-refractivity contribution in [3.05, 3.63) is 59.4 Å². The fraction of sp³-hybridized carbons (Fsp3) is 0.333. The Balaban J connectivity index is 1.82. The third kappa shape index (κ3) is 1.91. The Hall–Kier alpha value is -2.03. The number of ether oxygens (including phenoxy) is 1. The van der Waals surface area contributed by atoms with Gasteiger partial charge in [-0.1, -0.05) is 38.1 Å². The van der Waals surface area contributed by atoms with E-state index in [1.807, 2.05) is 6.07 Å². The quantitative estimate of drug-likeness (QED) is 0.772. The zero-order chi connectivity index (χ0) is 14.6. The first-order valence-electron chi connectivity index (χ1n) is 7.37. The highest BCUT2D eigenvalue weighted by Crippen LogP contribution is 2.48. The van der Waals surface area contributed by atoms with Gasteiger partial charge in [-0.25, -0.2) is 4.39 Å². The van der Waals surface area contributed by atoms with Gasteiger partial charge >= 0.3 is 0 Å². The molecule has 1 aliphatic carbocycles. The molecular formula is C18H18FNO. The van der Waals surface area contributed by atoms with Gasteiger partial charge in [-0.2, -0.15) is 0 Å². The number of rotatable bonds is 0. The smallest absolute Gasteiger partial charge is 0.146 e. The summed E-state index contributed by atoms with van der Waals surface area (Å²) in [5.74, 6) is 0.337. The van der Waals surface area contributed by atoms with E-state index in [4.69, 9.17) is 4.74 Å². The summed E-state index contributed by atoms with van der Waals surface area (Å²) in [4.78, 5) is 0. The Bertz CT molecular complexity index is 710. The van der Waals surface area contributed by atoms with E-state index in [0.29, 0.717) is 5.75 Å². The van der Waals surface area contributed by atoms with Gasteiger partial charge in [0, 0.05) is 6.07 Å². The molecule has 0 amide bonds. The fourth-order valence-corrected chi connectivity index (χ4v) is 3.67. The normalized spacial score (nSPS) is 24.9. The van der Waals surface area contributed by atoms with Crippen LogP contribution in [0.3, 0.4) is 0 Å². The summed E-state index contributed by atoms with van der Waals surface area (Å²) in [6.45, 7) is 4.54. The Morgan fingerprint density at radius 1 is 1.19 bits per heavy atom. The van der Waals surface area contributed by atoms with Gasteiger partial charge in [0.15, 0.2) is 0 Å². The minimum absolute atomic E-state index is 0.0523. The van der Waals surface area contributed by atoms with Crippen LogP contribution in [0.1, 0.15) is 37.5 Å². The molecule has 0 radical (unpaired) electrons. The molecule has 1 aliphatic heterocycles. The van der Waals surface area contributed by atoms with Gasteiger partial charge in [-0.05, 0) is 35.1 Å². The van der Waals surface area contributed by atoms with E-state index in [2.05, 4.69) is 37.4 Å².